The van der Waals surface area contributed by atoms with E-state index in [1.54, 1.807) is 6.20 Å². The number of carbonyl (C=O) groups excluding carboxylic acids is 4. The van der Waals surface area contributed by atoms with Gasteiger partial charge in [0.2, 0.25) is 11.8 Å². The largest absolute Gasteiger partial charge is 0.756 e. The molecule has 2 atom stereocenters. The maximum Gasteiger partial charge on any atom is 0.306 e. The van der Waals surface area contributed by atoms with Gasteiger partial charge in [0.25, 0.3) is 7.82 Å². The summed E-state index contributed by atoms with van der Waals surface area (Å²) in [6, 6.07) is 5.59. The highest BCUT2D eigenvalue weighted by atomic mass is 33.1. The second kappa shape index (κ2) is 48.4. The number of hydrogen-bond acceptors (Lipinski definition) is 13. The van der Waals surface area contributed by atoms with Crippen molar-refractivity contribution in [2.75, 3.05) is 38.7 Å². The molecule has 0 saturated carbocycles. The number of nitrogens with one attached hydrogen (secondary N) is 2. The van der Waals surface area contributed by atoms with Crippen LogP contribution in [0.5, 0.6) is 0 Å². The lowest BCUT2D eigenvalue weighted by Gasteiger charge is -2.25. The molecule has 0 fully saturated rings. The van der Waals surface area contributed by atoms with E-state index in [0.29, 0.717) is 18.6 Å². The van der Waals surface area contributed by atoms with Gasteiger partial charge in [-0.25, -0.2) is 4.98 Å². The fourth-order valence-electron chi connectivity index (χ4n) is 7.42. The first-order chi connectivity index (χ1) is 32.6. The van der Waals surface area contributed by atoms with Crippen molar-refractivity contribution in [3.8, 4) is 0 Å². The third kappa shape index (κ3) is 45.0. The van der Waals surface area contributed by atoms with E-state index in [0.717, 1.165) is 43.6 Å². The molecule has 2 amide bonds. The van der Waals surface area contributed by atoms with Crippen molar-refractivity contribution in [1.82, 2.24) is 21.8 Å². The molecule has 1 unspecified atom stereocenters. The number of hydrogen-bond donors (Lipinski definition) is 3. The van der Waals surface area contributed by atoms with Crippen LogP contribution in [0.2, 0.25) is 0 Å². The topological polar surface area (TPSA) is 219 Å². The quantitative estimate of drug-likeness (QED) is 0.0240. The number of amides is 2. The third-order valence-electron chi connectivity index (χ3n) is 11.4. The Morgan fingerprint density at radius 1 is 0.603 bits per heavy atom. The molecule has 0 aliphatic rings. The highest BCUT2D eigenvalue weighted by molar-refractivity contribution is 8.76. The van der Waals surface area contributed by atoms with Gasteiger partial charge in [0, 0.05) is 37.8 Å². The molecule has 0 aromatic carbocycles. The van der Waals surface area contributed by atoms with Crippen LogP contribution in [-0.4, -0.2) is 73.5 Å². The Morgan fingerprint density at radius 3 is 1.54 bits per heavy atom. The van der Waals surface area contributed by atoms with Gasteiger partial charge in [-0.05, 0) is 35.8 Å². The predicted molar refractivity (Wildman–Crippen MR) is 279 cm³/mol. The number of quaternary nitrogens is 1. The summed E-state index contributed by atoms with van der Waals surface area (Å²) >= 11 is 0. The van der Waals surface area contributed by atoms with E-state index in [4.69, 9.17) is 18.5 Å². The van der Waals surface area contributed by atoms with E-state index in [1.807, 2.05) is 18.2 Å². The first-order valence-electron chi connectivity index (χ1n) is 26.3. The highest BCUT2D eigenvalue weighted by Crippen LogP contribution is 2.38. The van der Waals surface area contributed by atoms with Crippen LogP contribution in [0.25, 0.3) is 0 Å². The number of carbonyl (C=O) groups is 4. The van der Waals surface area contributed by atoms with Gasteiger partial charge in [-0.15, -0.1) is 0 Å². The minimum absolute atomic E-state index is 0. The SMILES string of the molecule is CCCCCCCCCCCCCCCCCC(=O)OC[C@H](COP(=O)([O-])OCCNC(=O)CNC(=O)CCSSc1ccccn1)OC(=O)CCCCCCCCCCCCCCCCC.[NH4+]. The van der Waals surface area contributed by atoms with Crippen LogP contribution in [0.4, 0.5) is 0 Å². The van der Waals surface area contributed by atoms with E-state index < -0.39 is 45.0 Å². The number of aromatic nitrogens is 1. The van der Waals surface area contributed by atoms with Crippen molar-refractivity contribution in [2.45, 2.75) is 237 Å². The predicted octanol–water partition coefficient (Wildman–Crippen LogP) is 13.3. The zero-order valence-corrected chi connectivity index (χ0v) is 45.3. The van der Waals surface area contributed by atoms with Crippen LogP contribution >= 0.6 is 29.4 Å². The van der Waals surface area contributed by atoms with Crippen molar-refractivity contribution in [3.63, 3.8) is 0 Å². The lowest BCUT2D eigenvalue weighted by Crippen LogP contribution is -2.38. The van der Waals surface area contributed by atoms with E-state index in [-0.39, 0.29) is 51.0 Å². The molecule has 1 aromatic rings. The molecule has 6 N–H and O–H groups in total. The highest BCUT2D eigenvalue weighted by Gasteiger charge is 2.21. The van der Waals surface area contributed by atoms with Crippen LogP contribution in [0.1, 0.15) is 226 Å². The second-order valence-corrected chi connectivity index (χ2v) is 21.6. The van der Waals surface area contributed by atoms with Crippen molar-refractivity contribution in [2.24, 2.45) is 0 Å². The monoisotopic (exact) mass is 1020 g/mol. The van der Waals surface area contributed by atoms with Crippen molar-refractivity contribution < 1.29 is 47.2 Å². The number of phosphoric acid groups is 1. The number of nitrogens with zero attached hydrogens (tertiary/aromatic N) is 1. The van der Waals surface area contributed by atoms with Crippen molar-refractivity contribution in [1.29, 1.82) is 0 Å². The number of pyridine rings is 1. The van der Waals surface area contributed by atoms with Gasteiger partial charge in [0.1, 0.15) is 11.6 Å². The summed E-state index contributed by atoms with van der Waals surface area (Å²) in [7, 11) is -1.94. The third-order valence-corrected chi connectivity index (χ3v) is 14.7. The van der Waals surface area contributed by atoms with E-state index in [9.17, 15) is 28.6 Å². The zero-order chi connectivity index (χ0) is 48.7. The minimum atomic E-state index is -4.88. The van der Waals surface area contributed by atoms with Crippen LogP contribution in [0, 0.1) is 0 Å². The Bertz CT molecular complexity index is 1400. The van der Waals surface area contributed by atoms with Crippen LogP contribution in [-0.2, 0) is 42.3 Å². The van der Waals surface area contributed by atoms with E-state index in [1.165, 1.54) is 163 Å². The van der Waals surface area contributed by atoms with Crippen molar-refractivity contribution >= 4 is 53.2 Å². The summed E-state index contributed by atoms with van der Waals surface area (Å²) in [6.45, 7) is 2.73. The van der Waals surface area contributed by atoms with Gasteiger partial charge in [-0.3, -0.25) is 23.7 Å². The molecule has 1 aromatic heterocycles. The average molecular weight is 1020 g/mol. The fraction of sp³-hybridized carbons (Fsp3) is 0.824. The zero-order valence-electron chi connectivity index (χ0n) is 42.8. The van der Waals surface area contributed by atoms with Gasteiger partial charge >= 0.3 is 11.9 Å². The van der Waals surface area contributed by atoms with E-state index >= 15 is 0 Å². The molecule has 1 heterocycles. The lowest BCUT2D eigenvalue weighted by atomic mass is 10.0. The Balaban J connectivity index is 0.0000449. The Morgan fingerprint density at radius 2 is 1.07 bits per heavy atom. The van der Waals surface area contributed by atoms with Gasteiger partial charge < -0.3 is 40.2 Å². The standard InChI is InChI=1S/C51H92N3O10PS2.H3N/c1-3-5-7-9-11-13-15-17-19-21-23-25-27-29-31-36-50(57)61-44-46(64-51(58)37-32-30-28-26-24-22-20-18-16-14-12-10-8-6-4-2)45-63-65(59,60)62-41-40-52-48(56)43-54-47(55)38-42-66-67-49-35-33-34-39-53-49;/h33-35,39,46H,3-32,36-38,40-45H2,1-2H3,(H,52,56)(H,54,55)(H,59,60);1H3/t46-;/m1./s1. The number of unbranched alkanes of at least 4 members (excludes halogenated alkanes) is 28. The molecule has 0 aliphatic carbocycles. The van der Waals surface area contributed by atoms with Gasteiger partial charge in [0.15, 0.2) is 6.10 Å². The molecule has 17 heteroatoms. The molecule has 0 spiro atoms. The summed E-state index contributed by atoms with van der Waals surface area (Å²) in [4.78, 5) is 66.5. The summed E-state index contributed by atoms with van der Waals surface area (Å²) in [5, 5.41) is 5.86. The first kappa shape index (κ1) is 65.8. The lowest BCUT2D eigenvalue weighted by molar-refractivity contribution is -0.228. The summed E-state index contributed by atoms with van der Waals surface area (Å²) in [5.41, 5.74) is 0. The molecule has 68 heavy (non-hydrogen) atoms. The Hall–Kier alpha value is -2.20. The number of rotatable bonds is 49. The molecule has 0 aliphatic heterocycles. The molecule has 1 rings (SSSR count). The smallest absolute Gasteiger partial charge is 0.306 e. The van der Waals surface area contributed by atoms with Gasteiger partial charge in [-0.1, -0.05) is 210 Å². The average Bonchev–Trinajstić information content (AvgIpc) is 3.32. The van der Waals surface area contributed by atoms with Crippen LogP contribution in [0.3, 0.4) is 0 Å². The van der Waals surface area contributed by atoms with Gasteiger partial charge in [0.05, 0.1) is 19.8 Å². The molecule has 396 valence electrons. The fourth-order valence-corrected chi connectivity index (χ4v) is 10.0. The maximum atomic E-state index is 12.8. The summed E-state index contributed by atoms with van der Waals surface area (Å²) in [6.07, 6.45) is 37.6. The van der Waals surface area contributed by atoms with Gasteiger partial charge in [-0.2, -0.15) is 0 Å². The Kier molecular flexibility index (Phi) is 46.9. The van der Waals surface area contributed by atoms with Crippen molar-refractivity contribution in [3.05, 3.63) is 24.4 Å². The molecule has 0 bridgehead atoms. The summed E-state index contributed by atoms with van der Waals surface area (Å²) in [5.74, 6) is -1.23. The molecular formula is C51H95N4O10PS2. The maximum absolute atomic E-state index is 12.8. The Labute approximate surface area is 420 Å². The van der Waals surface area contributed by atoms with Crippen LogP contribution in [0.15, 0.2) is 29.4 Å². The van der Waals surface area contributed by atoms with Crippen LogP contribution < -0.4 is 21.7 Å². The van der Waals surface area contributed by atoms with E-state index in [2.05, 4.69) is 29.5 Å². The number of esters is 2. The summed E-state index contributed by atoms with van der Waals surface area (Å²) < 4.78 is 33.5. The number of phosphoric ester groups is 1. The first-order valence-corrected chi connectivity index (χ1v) is 30.1. The normalized spacial score (nSPS) is 12.5. The molecule has 14 nitrogen and oxygen atoms in total. The minimum Gasteiger partial charge on any atom is -0.756 e. The molecule has 0 radical (unpaired) electrons. The number of ether oxygens (including phenoxy) is 2. The molecule has 0 saturated heterocycles. The molecular weight excluding hydrogens is 924 g/mol. The second-order valence-electron chi connectivity index (χ2n) is 17.7.